The van der Waals surface area contributed by atoms with Gasteiger partial charge in [0.05, 0.1) is 0 Å². The Kier molecular flexibility index (Phi) is 13.7. The van der Waals surface area contributed by atoms with Crippen molar-refractivity contribution in [1.29, 1.82) is 0 Å². The SMILES string of the molecule is CN=C(NCCCCN1CCCC(C)C1)NCCCN1CCCCC1C.I. The minimum absolute atomic E-state index is 0. The van der Waals surface area contributed by atoms with Crippen molar-refractivity contribution in [2.24, 2.45) is 10.9 Å². The van der Waals surface area contributed by atoms with Crippen LogP contribution in [0.4, 0.5) is 0 Å². The Labute approximate surface area is 185 Å². The summed E-state index contributed by atoms with van der Waals surface area (Å²) in [6.45, 7) is 13.1. The molecule has 27 heavy (non-hydrogen) atoms. The third kappa shape index (κ3) is 10.3. The maximum Gasteiger partial charge on any atom is 0.190 e. The Morgan fingerprint density at radius 1 is 0.926 bits per heavy atom. The van der Waals surface area contributed by atoms with Gasteiger partial charge in [-0.25, -0.2) is 0 Å². The maximum atomic E-state index is 4.36. The number of likely N-dealkylation sites (tertiary alicyclic amines) is 2. The number of nitrogens with one attached hydrogen (secondary N) is 2. The normalized spacial score (nSPS) is 25.1. The fraction of sp³-hybridized carbons (Fsp3) is 0.952. The molecule has 0 saturated carbocycles. The summed E-state index contributed by atoms with van der Waals surface area (Å²) in [5.74, 6) is 1.85. The number of guanidine groups is 1. The molecular weight excluding hydrogens is 449 g/mol. The van der Waals surface area contributed by atoms with Crippen molar-refractivity contribution in [3.63, 3.8) is 0 Å². The van der Waals surface area contributed by atoms with Crippen molar-refractivity contribution in [2.75, 3.05) is 52.9 Å². The third-order valence-electron chi connectivity index (χ3n) is 6.01. The molecule has 0 aromatic rings. The van der Waals surface area contributed by atoms with Gasteiger partial charge in [0.15, 0.2) is 5.96 Å². The predicted molar refractivity (Wildman–Crippen MR) is 128 cm³/mol. The van der Waals surface area contributed by atoms with E-state index in [9.17, 15) is 0 Å². The van der Waals surface area contributed by atoms with Crippen LogP contribution < -0.4 is 10.6 Å². The van der Waals surface area contributed by atoms with Gasteiger partial charge < -0.3 is 20.4 Å². The molecule has 160 valence electrons. The molecule has 2 unspecified atom stereocenters. The molecule has 0 aromatic carbocycles. The van der Waals surface area contributed by atoms with E-state index in [1.807, 2.05) is 7.05 Å². The Morgan fingerprint density at radius 3 is 2.41 bits per heavy atom. The van der Waals surface area contributed by atoms with Gasteiger partial charge in [0.25, 0.3) is 0 Å². The van der Waals surface area contributed by atoms with Gasteiger partial charge in [0.1, 0.15) is 0 Å². The lowest BCUT2D eigenvalue weighted by atomic mass is 10.0. The van der Waals surface area contributed by atoms with Crippen LogP contribution in [0.5, 0.6) is 0 Å². The average molecular weight is 494 g/mol. The molecule has 2 heterocycles. The van der Waals surface area contributed by atoms with Gasteiger partial charge in [-0.1, -0.05) is 13.3 Å². The summed E-state index contributed by atoms with van der Waals surface area (Å²) in [5, 5.41) is 6.94. The van der Waals surface area contributed by atoms with Gasteiger partial charge >= 0.3 is 0 Å². The van der Waals surface area contributed by atoms with Crippen LogP contribution in [0.3, 0.4) is 0 Å². The summed E-state index contributed by atoms with van der Waals surface area (Å²) in [6, 6.07) is 0.768. The van der Waals surface area contributed by atoms with Crippen LogP contribution in [0.2, 0.25) is 0 Å². The van der Waals surface area contributed by atoms with Gasteiger partial charge in [-0.3, -0.25) is 4.99 Å². The molecule has 0 aliphatic carbocycles. The van der Waals surface area contributed by atoms with Crippen molar-refractivity contribution in [2.45, 2.75) is 71.3 Å². The minimum Gasteiger partial charge on any atom is -0.356 e. The molecule has 0 spiro atoms. The molecule has 0 amide bonds. The third-order valence-corrected chi connectivity index (χ3v) is 6.01. The zero-order valence-electron chi connectivity index (χ0n) is 18.0. The Balaban J connectivity index is 0.00000364. The Bertz CT molecular complexity index is 404. The van der Waals surface area contributed by atoms with Crippen molar-refractivity contribution in [1.82, 2.24) is 20.4 Å². The highest BCUT2D eigenvalue weighted by Crippen LogP contribution is 2.16. The highest BCUT2D eigenvalue weighted by molar-refractivity contribution is 14.0. The van der Waals surface area contributed by atoms with Crippen LogP contribution in [0.1, 0.15) is 65.2 Å². The fourth-order valence-corrected chi connectivity index (χ4v) is 4.36. The van der Waals surface area contributed by atoms with E-state index in [-0.39, 0.29) is 24.0 Å². The zero-order valence-corrected chi connectivity index (χ0v) is 20.3. The van der Waals surface area contributed by atoms with Gasteiger partial charge in [-0.2, -0.15) is 0 Å². The standard InChI is InChI=1S/C21H43N5.HI/c1-19-10-8-15-25(18-19)14-7-5-12-23-21(22-3)24-13-9-17-26-16-6-4-11-20(26)2;/h19-20H,4-18H2,1-3H3,(H2,22,23,24);1H. The minimum atomic E-state index is 0. The Hall–Kier alpha value is -0.0800. The molecule has 2 atom stereocenters. The molecule has 2 aliphatic rings. The molecule has 0 aromatic heterocycles. The number of halogens is 1. The highest BCUT2D eigenvalue weighted by Gasteiger charge is 2.17. The summed E-state index contributed by atoms with van der Waals surface area (Å²) < 4.78 is 0. The average Bonchev–Trinajstić information content (AvgIpc) is 2.64. The molecule has 2 fully saturated rings. The molecular formula is C21H44IN5. The van der Waals surface area contributed by atoms with Crippen LogP contribution in [-0.4, -0.2) is 74.7 Å². The number of aliphatic imine (C=N–C) groups is 1. The molecule has 5 nitrogen and oxygen atoms in total. The molecule has 2 saturated heterocycles. The topological polar surface area (TPSA) is 42.9 Å². The molecule has 0 bridgehead atoms. The van der Waals surface area contributed by atoms with Gasteiger partial charge in [-0.05, 0) is 77.4 Å². The van der Waals surface area contributed by atoms with Crippen LogP contribution in [-0.2, 0) is 0 Å². The lowest BCUT2D eigenvalue weighted by Crippen LogP contribution is -2.41. The first kappa shape index (κ1) is 25.0. The lowest BCUT2D eigenvalue weighted by Gasteiger charge is -2.33. The van der Waals surface area contributed by atoms with Crippen LogP contribution in [0.15, 0.2) is 4.99 Å². The van der Waals surface area contributed by atoms with Crippen molar-refractivity contribution < 1.29 is 0 Å². The number of piperidine rings is 2. The van der Waals surface area contributed by atoms with E-state index in [4.69, 9.17) is 0 Å². The summed E-state index contributed by atoms with van der Waals surface area (Å²) in [6.07, 6.45) is 10.6. The number of hydrogen-bond acceptors (Lipinski definition) is 3. The monoisotopic (exact) mass is 493 g/mol. The smallest absolute Gasteiger partial charge is 0.190 e. The van der Waals surface area contributed by atoms with E-state index in [2.05, 4.69) is 39.3 Å². The molecule has 2 aliphatic heterocycles. The largest absolute Gasteiger partial charge is 0.356 e. The number of unbranched alkanes of at least 4 members (excludes halogenated alkanes) is 1. The molecule has 0 radical (unpaired) electrons. The Morgan fingerprint density at radius 2 is 1.70 bits per heavy atom. The van der Waals surface area contributed by atoms with E-state index in [0.29, 0.717) is 0 Å². The fourth-order valence-electron chi connectivity index (χ4n) is 4.36. The van der Waals surface area contributed by atoms with Crippen molar-refractivity contribution >= 4 is 29.9 Å². The first-order valence-electron chi connectivity index (χ1n) is 11.1. The second-order valence-electron chi connectivity index (χ2n) is 8.42. The predicted octanol–water partition coefficient (Wildman–Crippen LogP) is 3.55. The summed E-state index contributed by atoms with van der Waals surface area (Å²) in [7, 11) is 1.87. The zero-order chi connectivity index (χ0) is 18.6. The van der Waals surface area contributed by atoms with Gasteiger partial charge in [0, 0.05) is 39.3 Å². The number of hydrogen-bond donors (Lipinski definition) is 2. The van der Waals surface area contributed by atoms with Crippen LogP contribution in [0.25, 0.3) is 0 Å². The van der Waals surface area contributed by atoms with E-state index in [1.54, 1.807) is 0 Å². The van der Waals surface area contributed by atoms with E-state index in [0.717, 1.165) is 31.0 Å². The molecule has 2 rings (SSSR count). The van der Waals surface area contributed by atoms with Gasteiger partial charge in [0.2, 0.25) is 0 Å². The summed E-state index contributed by atoms with van der Waals surface area (Å²) in [4.78, 5) is 9.64. The summed E-state index contributed by atoms with van der Waals surface area (Å²) in [5.41, 5.74) is 0. The van der Waals surface area contributed by atoms with E-state index < -0.39 is 0 Å². The second kappa shape index (κ2) is 14.9. The van der Waals surface area contributed by atoms with Crippen molar-refractivity contribution in [3.8, 4) is 0 Å². The number of nitrogens with zero attached hydrogens (tertiary/aromatic N) is 3. The van der Waals surface area contributed by atoms with E-state index in [1.165, 1.54) is 84.1 Å². The van der Waals surface area contributed by atoms with Crippen LogP contribution >= 0.6 is 24.0 Å². The van der Waals surface area contributed by atoms with Gasteiger partial charge in [-0.15, -0.1) is 24.0 Å². The summed E-state index contributed by atoms with van der Waals surface area (Å²) >= 11 is 0. The van der Waals surface area contributed by atoms with Crippen LogP contribution in [0, 0.1) is 5.92 Å². The first-order chi connectivity index (χ1) is 12.7. The molecule has 2 N–H and O–H groups in total. The quantitative estimate of drug-likeness (QED) is 0.223. The highest BCUT2D eigenvalue weighted by atomic mass is 127. The van der Waals surface area contributed by atoms with Crippen molar-refractivity contribution in [3.05, 3.63) is 0 Å². The maximum absolute atomic E-state index is 4.36. The second-order valence-corrected chi connectivity index (χ2v) is 8.42. The lowest BCUT2D eigenvalue weighted by molar-refractivity contribution is 0.159. The van der Waals surface area contributed by atoms with E-state index >= 15 is 0 Å². The first-order valence-corrected chi connectivity index (χ1v) is 11.1. The number of rotatable bonds is 9. The molecule has 6 heteroatoms.